The maximum Gasteiger partial charge on any atom is 0.410 e. The molecule has 3 fully saturated rings. The second-order valence-corrected chi connectivity index (χ2v) is 16.1. The second kappa shape index (κ2) is 18.5. The number of para-hydroxylation sites is 1. The number of piperidine rings is 3. The number of esters is 1. The Kier molecular flexibility index (Phi) is 13.6. The quantitative estimate of drug-likeness (QED) is 0.282. The standard InChI is InChI=1S/C41H54BrN5O8/c1-3-54-37(49)9-8-36(48)44-17-10-29(11-18-44)30-12-19-45(20-13-30)39(51)35(26-28-24-27(2)38(50)33(42)25-28)55-41(53)46-21-15-32(16-22-46)47-23-14-31-6-4-5-7-34(31)43-40(47)52/h4-7,24-25,29-30,32,35,50H,3,8-23,26H2,1-2H3,(H,43,52). The molecule has 298 valence electrons. The molecule has 4 aliphatic heterocycles. The molecule has 0 radical (unpaired) electrons. The van der Waals surface area contributed by atoms with Crippen molar-refractivity contribution < 1.29 is 38.6 Å². The highest BCUT2D eigenvalue weighted by atomic mass is 79.9. The van der Waals surface area contributed by atoms with Gasteiger partial charge in [0.25, 0.3) is 5.91 Å². The van der Waals surface area contributed by atoms with E-state index in [1.54, 1.807) is 24.8 Å². The highest BCUT2D eigenvalue weighted by Gasteiger charge is 2.37. The number of carbonyl (C=O) groups excluding carboxylic acids is 5. The number of carbonyl (C=O) groups is 5. The first kappa shape index (κ1) is 40.3. The van der Waals surface area contributed by atoms with E-state index < -0.39 is 12.2 Å². The lowest BCUT2D eigenvalue weighted by Crippen LogP contribution is -2.52. The zero-order valence-corrected chi connectivity index (χ0v) is 33.6. The summed E-state index contributed by atoms with van der Waals surface area (Å²) in [7, 11) is 0. The molecule has 2 aromatic rings. The molecule has 1 atom stereocenters. The van der Waals surface area contributed by atoms with E-state index in [9.17, 15) is 29.1 Å². The number of ether oxygens (including phenoxy) is 2. The number of hydrogen-bond donors (Lipinski definition) is 2. The van der Waals surface area contributed by atoms with Crippen LogP contribution >= 0.6 is 15.9 Å². The molecule has 55 heavy (non-hydrogen) atoms. The molecular weight excluding hydrogens is 770 g/mol. The van der Waals surface area contributed by atoms with E-state index in [-0.39, 0.29) is 54.9 Å². The van der Waals surface area contributed by atoms with Gasteiger partial charge < -0.3 is 39.5 Å². The van der Waals surface area contributed by atoms with Crippen molar-refractivity contribution in [1.29, 1.82) is 0 Å². The molecule has 1 unspecified atom stereocenters. The molecule has 14 heteroatoms. The minimum absolute atomic E-state index is 0.0103. The summed E-state index contributed by atoms with van der Waals surface area (Å²) < 4.78 is 11.5. The maximum atomic E-state index is 14.2. The zero-order valence-electron chi connectivity index (χ0n) is 32.0. The van der Waals surface area contributed by atoms with Gasteiger partial charge in [0.1, 0.15) is 5.75 Å². The van der Waals surface area contributed by atoms with Gasteiger partial charge in [-0.2, -0.15) is 0 Å². The van der Waals surface area contributed by atoms with Gasteiger partial charge in [-0.1, -0.05) is 24.3 Å². The van der Waals surface area contributed by atoms with Crippen molar-refractivity contribution in [1.82, 2.24) is 19.6 Å². The number of urea groups is 1. The molecular formula is C41H54BrN5O8. The topological polar surface area (TPSA) is 149 Å². The van der Waals surface area contributed by atoms with Crippen LogP contribution in [0, 0.1) is 18.8 Å². The van der Waals surface area contributed by atoms with E-state index in [0.717, 1.165) is 48.9 Å². The molecule has 0 bridgehead atoms. The third-order valence-corrected chi connectivity index (χ3v) is 12.4. The fraction of sp³-hybridized carbons (Fsp3) is 0.585. The number of anilines is 1. The fourth-order valence-corrected chi connectivity index (χ4v) is 9.24. The minimum Gasteiger partial charge on any atom is -0.506 e. The monoisotopic (exact) mass is 823 g/mol. The van der Waals surface area contributed by atoms with E-state index in [4.69, 9.17) is 9.47 Å². The molecule has 3 saturated heterocycles. The second-order valence-electron chi connectivity index (χ2n) is 15.3. The summed E-state index contributed by atoms with van der Waals surface area (Å²) >= 11 is 3.41. The number of aryl methyl sites for hydroxylation is 1. The van der Waals surface area contributed by atoms with Gasteiger partial charge in [-0.05, 0) is 115 Å². The van der Waals surface area contributed by atoms with Crippen LogP contribution in [-0.4, -0.2) is 119 Å². The van der Waals surface area contributed by atoms with Crippen molar-refractivity contribution in [3.8, 4) is 5.75 Å². The van der Waals surface area contributed by atoms with E-state index in [0.29, 0.717) is 87.1 Å². The highest BCUT2D eigenvalue weighted by Crippen LogP contribution is 2.34. The number of amides is 5. The number of rotatable bonds is 10. The van der Waals surface area contributed by atoms with Crippen LogP contribution in [0.15, 0.2) is 40.9 Å². The molecule has 2 aromatic carbocycles. The summed E-state index contributed by atoms with van der Waals surface area (Å²) in [5, 5.41) is 13.4. The predicted molar refractivity (Wildman–Crippen MR) is 209 cm³/mol. The van der Waals surface area contributed by atoms with Gasteiger partial charge in [-0.3, -0.25) is 14.4 Å². The summed E-state index contributed by atoms with van der Waals surface area (Å²) in [5.74, 6) is 0.426. The number of halogens is 1. The number of benzene rings is 2. The Morgan fingerprint density at radius 3 is 2.16 bits per heavy atom. The number of aromatic hydroxyl groups is 1. The first-order valence-electron chi connectivity index (χ1n) is 19.8. The Hall–Kier alpha value is -4.33. The molecule has 2 N–H and O–H groups in total. The van der Waals surface area contributed by atoms with Crippen LogP contribution < -0.4 is 5.32 Å². The summed E-state index contributed by atoms with van der Waals surface area (Å²) in [6.07, 6.45) is 4.27. The Morgan fingerprint density at radius 2 is 1.51 bits per heavy atom. The summed E-state index contributed by atoms with van der Waals surface area (Å²) in [4.78, 5) is 72.6. The van der Waals surface area contributed by atoms with Gasteiger partial charge in [-0.25, -0.2) is 9.59 Å². The van der Waals surface area contributed by atoms with Crippen molar-refractivity contribution >= 4 is 51.5 Å². The largest absolute Gasteiger partial charge is 0.506 e. The fourth-order valence-electron chi connectivity index (χ4n) is 8.63. The van der Waals surface area contributed by atoms with Gasteiger partial charge in [-0.15, -0.1) is 0 Å². The number of phenolic OH excluding ortho intramolecular Hbond substituents is 1. The van der Waals surface area contributed by atoms with Crippen molar-refractivity contribution in [3.05, 3.63) is 57.6 Å². The average molecular weight is 825 g/mol. The molecule has 0 saturated carbocycles. The number of phenols is 1. The number of likely N-dealkylation sites (tertiary alicyclic amines) is 3. The van der Waals surface area contributed by atoms with Crippen LogP contribution in [0.2, 0.25) is 0 Å². The lowest BCUT2D eigenvalue weighted by Gasteiger charge is -2.41. The lowest BCUT2D eigenvalue weighted by molar-refractivity contribution is -0.146. The van der Waals surface area contributed by atoms with Crippen LogP contribution in [-0.2, 0) is 36.7 Å². The summed E-state index contributed by atoms with van der Waals surface area (Å²) in [5.41, 5.74) is 3.36. The van der Waals surface area contributed by atoms with Gasteiger partial charge in [0, 0.05) is 70.4 Å². The highest BCUT2D eigenvalue weighted by molar-refractivity contribution is 9.10. The molecule has 4 heterocycles. The van der Waals surface area contributed by atoms with E-state index in [1.165, 1.54) is 0 Å². The lowest BCUT2D eigenvalue weighted by atomic mass is 9.78. The van der Waals surface area contributed by atoms with Crippen molar-refractivity contribution in [2.75, 3.05) is 57.7 Å². The maximum absolute atomic E-state index is 14.2. The molecule has 0 spiro atoms. The Morgan fingerprint density at radius 1 is 0.873 bits per heavy atom. The van der Waals surface area contributed by atoms with Gasteiger partial charge in [0.15, 0.2) is 6.10 Å². The smallest absolute Gasteiger partial charge is 0.410 e. The van der Waals surface area contributed by atoms with E-state index in [2.05, 4.69) is 21.2 Å². The van der Waals surface area contributed by atoms with Crippen LogP contribution in [0.5, 0.6) is 5.75 Å². The van der Waals surface area contributed by atoms with E-state index >= 15 is 0 Å². The van der Waals surface area contributed by atoms with Gasteiger partial charge in [0.05, 0.1) is 17.5 Å². The summed E-state index contributed by atoms with van der Waals surface area (Å²) in [6, 6.07) is 11.3. The normalized spacial score (nSPS) is 19.3. The van der Waals surface area contributed by atoms with Crippen LogP contribution in [0.3, 0.4) is 0 Å². The van der Waals surface area contributed by atoms with Crippen molar-refractivity contribution in [3.63, 3.8) is 0 Å². The summed E-state index contributed by atoms with van der Waals surface area (Å²) in [6.45, 7) is 7.72. The third-order valence-electron chi connectivity index (χ3n) is 11.8. The van der Waals surface area contributed by atoms with Crippen molar-refractivity contribution in [2.45, 2.75) is 90.2 Å². The average Bonchev–Trinajstić information content (AvgIpc) is 3.36. The first-order chi connectivity index (χ1) is 26.5. The SMILES string of the molecule is CCOC(=O)CCC(=O)N1CCC(C2CCN(C(=O)C(Cc3cc(C)c(O)c(Br)c3)OC(=O)N3CCC(N4CCc5ccccc5NC4=O)CC3)CC2)CC1. The third kappa shape index (κ3) is 10.1. The molecule has 0 aromatic heterocycles. The Labute approximate surface area is 331 Å². The zero-order chi connectivity index (χ0) is 39.1. The molecule has 0 aliphatic carbocycles. The minimum atomic E-state index is -1.05. The van der Waals surface area contributed by atoms with Crippen LogP contribution in [0.4, 0.5) is 15.3 Å². The van der Waals surface area contributed by atoms with Gasteiger partial charge in [0.2, 0.25) is 5.91 Å². The molecule has 13 nitrogen and oxygen atoms in total. The van der Waals surface area contributed by atoms with Gasteiger partial charge >= 0.3 is 18.1 Å². The first-order valence-corrected chi connectivity index (χ1v) is 20.6. The van der Waals surface area contributed by atoms with Crippen LogP contribution in [0.25, 0.3) is 0 Å². The number of nitrogens with zero attached hydrogens (tertiary/aromatic N) is 4. The van der Waals surface area contributed by atoms with E-state index in [1.807, 2.05) is 45.0 Å². The molecule has 4 aliphatic rings. The van der Waals surface area contributed by atoms with Crippen molar-refractivity contribution in [2.24, 2.45) is 11.8 Å². The number of fused-ring (bicyclic) bond motifs is 1. The number of hydrogen-bond acceptors (Lipinski definition) is 8. The molecule has 5 amide bonds. The Bertz CT molecular complexity index is 1690. The van der Waals surface area contributed by atoms with Crippen LogP contribution in [0.1, 0.15) is 75.0 Å². The molecule has 6 rings (SSSR count). The predicted octanol–water partition coefficient (Wildman–Crippen LogP) is 5.89. The number of nitrogens with one attached hydrogen (secondary N) is 1. The Balaban J connectivity index is 1.03.